The SMILES string of the molecule is CCOc1ccccc1CNC(=O)[C@@H](CC)Oc1ccc(OC)cc1. The molecule has 1 amide bonds. The quantitative estimate of drug-likeness (QED) is 0.756. The summed E-state index contributed by atoms with van der Waals surface area (Å²) in [6.45, 7) is 4.84. The second kappa shape index (κ2) is 9.57. The van der Waals surface area contributed by atoms with Crippen molar-refractivity contribution in [3.8, 4) is 17.2 Å². The van der Waals surface area contributed by atoms with Gasteiger partial charge in [-0.15, -0.1) is 0 Å². The summed E-state index contributed by atoms with van der Waals surface area (Å²) in [5.41, 5.74) is 0.942. The van der Waals surface area contributed by atoms with Crippen LogP contribution in [0.4, 0.5) is 0 Å². The van der Waals surface area contributed by atoms with Crippen molar-refractivity contribution in [3.05, 3.63) is 54.1 Å². The third kappa shape index (κ3) is 5.41. The van der Waals surface area contributed by atoms with Gasteiger partial charge in [0.1, 0.15) is 17.2 Å². The number of hydrogen-bond donors (Lipinski definition) is 1. The zero-order valence-electron chi connectivity index (χ0n) is 15.0. The Kier molecular flexibility index (Phi) is 7.14. The zero-order valence-corrected chi connectivity index (χ0v) is 15.0. The smallest absolute Gasteiger partial charge is 0.261 e. The molecule has 0 unspecified atom stereocenters. The number of hydrogen-bond acceptors (Lipinski definition) is 4. The lowest BCUT2D eigenvalue weighted by molar-refractivity contribution is -0.128. The molecule has 5 nitrogen and oxygen atoms in total. The van der Waals surface area contributed by atoms with Gasteiger partial charge in [0.05, 0.1) is 13.7 Å². The first kappa shape index (κ1) is 18.6. The van der Waals surface area contributed by atoms with Crippen molar-refractivity contribution in [1.82, 2.24) is 5.32 Å². The lowest BCUT2D eigenvalue weighted by atomic mass is 10.2. The summed E-state index contributed by atoms with van der Waals surface area (Å²) in [5, 5.41) is 2.92. The molecule has 0 fully saturated rings. The molecule has 0 saturated heterocycles. The first-order valence-corrected chi connectivity index (χ1v) is 8.47. The maximum Gasteiger partial charge on any atom is 0.261 e. The van der Waals surface area contributed by atoms with Crippen molar-refractivity contribution >= 4 is 5.91 Å². The number of amides is 1. The third-order valence-corrected chi connectivity index (χ3v) is 3.73. The van der Waals surface area contributed by atoms with Crippen LogP contribution in [0, 0.1) is 0 Å². The lowest BCUT2D eigenvalue weighted by Gasteiger charge is -2.18. The van der Waals surface area contributed by atoms with E-state index in [1.54, 1.807) is 31.4 Å². The Hall–Kier alpha value is -2.69. The summed E-state index contributed by atoms with van der Waals surface area (Å²) in [6, 6.07) is 14.9. The van der Waals surface area contributed by atoms with Gasteiger partial charge in [-0.25, -0.2) is 0 Å². The van der Waals surface area contributed by atoms with Crippen LogP contribution < -0.4 is 19.5 Å². The molecule has 0 radical (unpaired) electrons. The van der Waals surface area contributed by atoms with Crippen molar-refractivity contribution < 1.29 is 19.0 Å². The number of carbonyl (C=O) groups is 1. The Bertz CT molecular complexity index is 670. The molecule has 2 aromatic rings. The van der Waals surface area contributed by atoms with E-state index < -0.39 is 6.10 Å². The van der Waals surface area contributed by atoms with Crippen LogP contribution in [0.2, 0.25) is 0 Å². The number of rotatable bonds is 9. The van der Waals surface area contributed by atoms with E-state index in [0.717, 1.165) is 17.1 Å². The molecule has 0 aliphatic heterocycles. The number of nitrogens with one attached hydrogen (secondary N) is 1. The average Bonchev–Trinajstić information content (AvgIpc) is 2.66. The van der Waals surface area contributed by atoms with Crippen molar-refractivity contribution in [2.75, 3.05) is 13.7 Å². The maximum atomic E-state index is 12.4. The standard InChI is InChI=1S/C20H25NO4/c1-4-18(25-17-12-10-16(23-3)11-13-17)20(22)21-14-15-8-6-7-9-19(15)24-5-2/h6-13,18H,4-5,14H2,1-3H3,(H,21,22)/t18-/m1/s1. The second-order valence-electron chi connectivity index (χ2n) is 5.45. The fraction of sp³-hybridized carbons (Fsp3) is 0.350. The highest BCUT2D eigenvalue weighted by atomic mass is 16.5. The number of ether oxygens (including phenoxy) is 3. The van der Waals surface area contributed by atoms with Gasteiger partial charge < -0.3 is 19.5 Å². The van der Waals surface area contributed by atoms with Gasteiger partial charge >= 0.3 is 0 Å². The molecule has 0 heterocycles. The molecule has 5 heteroatoms. The number of benzene rings is 2. The van der Waals surface area contributed by atoms with E-state index in [9.17, 15) is 4.79 Å². The summed E-state index contributed by atoms with van der Waals surface area (Å²) in [6.07, 6.45) is 0.0259. The van der Waals surface area contributed by atoms with Crippen LogP contribution in [0.15, 0.2) is 48.5 Å². The monoisotopic (exact) mass is 343 g/mol. The van der Waals surface area contributed by atoms with Crippen LogP contribution in [0.5, 0.6) is 17.2 Å². The molecule has 25 heavy (non-hydrogen) atoms. The van der Waals surface area contributed by atoms with Crippen molar-refractivity contribution in [2.45, 2.75) is 32.9 Å². The van der Waals surface area contributed by atoms with E-state index >= 15 is 0 Å². The van der Waals surface area contributed by atoms with Gasteiger partial charge in [-0.3, -0.25) is 4.79 Å². The maximum absolute atomic E-state index is 12.4. The number of para-hydroxylation sites is 1. The molecular weight excluding hydrogens is 318 g/mol. The Morgan fingerprint density at radius 2 is 1.72 bits per heavy atom. The van der Waals surface area contributed by atoms with Crippen molar-refractivity contribution in [1.29, 1.82) is 0 Å². The molecule has 0 aliphatic carbocycles. The minimum absolute atomic E-state index is 0.149. The van der Waals surface area contributed by atoms with E-state index in [1.165, 1.54) is 0 Å². The molecule has 1 N–H and O–H groups in total. The van der Waals surface area contributed by atoms with Gasteiger partial charge in [0.25, 0.3) is 5.91 Å². The van der Waals surface area contributed by atoms with E-state index in [0.29, 0.717) is 25.3 Å². The van der Waals surface area contributed by atoms with Gasteiger partial charge in [-0.05, 0) is 43.7 Å². The molecule has 0 saturated carbocycles. The highest BCUT2D eigenvalue weighted by Gasteiger charge is 2.18. The van der Waals surface area contributed by atoms with E-state index in [-0.39, 0.29) is 5.91 Å². The van der Waals surface area contributed by atoms with Crippen LogP contribution in [0.3, 0.4) is 0 Å². The molecular formula is C20H25NO4. The Morgan fingerprint density at radius 3 is 2.36 bits per heavy atom. The summed E-state index contributed by atoms with van der Waals surface area (Å²) < 4.78 is 16.5. The molecule has 134 valence electrons. The minimum atomic E-state index is -0.548. The van der Waals surface area contributed by atoms with E-state index in [4.69, 9.17) is 14.2 Å². The molecule has 1 atom stereocenters. The summed E-state index contributed by atoms with van der Waals surface area (Å²) >= 11 is 0. The van der Waals surface area contributed by atoms with Gasteiger partial charge in [-0.2, -0.15) is 0 Å². The molecule has 2 rings (SSSR count). The van der Waals surface area contributed by atoms with Gasteiger partial charge in [0.15, 0.2) is 6.10 Å². The van der Waals surface area contributed by atoms with Crippen LogP contribution in [-0.4, -0.2) is 25.7 Å². The zero-order chi connectivity index (χ0) is 18.1. The Morgan fingerprint density at radius 1 is 1.04 bits per heavy atom. The van der Waals surface area contributed by atoms with E-state index in [1.807, 2.05) is 38.1 Å². The van der Waals surface area contributed by atoms with Crippen LogP contribution in [-0.2, 0) is 11.3 Å². The fourth-order valence-electron chi connectivity index (χ4n) is 2.38. The van der Waals surface area contributed by atoms with Crippen molar-refractivity contribution in [3.63, 3.8) is 0 Å². The Balaban J connectivity index is 1.95. The summed E-state index contributed by atoms with van der Waals surface area (Å²) in [7, 11) is 1.61. The number of carbonyl (C=O) groups excluding carboxylic acids is 1. The molecule has 0 spiro atoms. The highest BCUT2D eigenvalue weighted by molar-refractivity contribution is 5.81. The highest BCUT2D eigenvalue weighted by Crippen LogP contribution is 2.20. The minimum Gasteiger partial charge on any atom is -0.497 e. The summed E-state index contributed by atoms with van der Waals surface area (Å²) in [5.74, 6) is 2.02. The third-order valence-electron chi connectivity index (χ3n) is 3.73. The van der Waals surface area contributed by atoms with E-state index in [2.05, 4.69) is 5.32 Å². The predicted molar refractivity (Wildman–Crippen MR) is 97.2 cm³/mol. The first-order valence-electron chi connectivity index (χ1n) is 8.47. The first-order chi connectivity index (χ1) is 12.2. The summed E-state index contributed by atoms with van der Waals surface area (Å²) in [4.78, 5) is 12.4. The Labute approximate surface area is 148 Å². The molecule has 0 aromatic heterocycles. The lowest BCUT2D eigenvalue weighted by Crippen LogP contribution is -2.37. The molecule has 0 bridgehead atoms. The van der Waals surface area contributed by atoms with Gasteiger partial charge in [0, 0.05) is 12.1 Å². The van der Waals surface area contributed by atoms with Crippen LogP contribution in [0.1, 0.15) is 25.8 Å². The molecule has 2 aromatic carbocycles. The van der Waals surface area contributed by atoms with Crippen LogP contribution in [0.25, 0.3) is 0 Å². The largest absolute Gasteiger partial charge is 0.497 e. The number of methoxy groups -OCH3 is 1. The van der Waals surface area contributed by atoms with Crippen LogP contribution >= 0.6 is 0 Å². The predicted octanol–water partition coefficient (Wildman–Crippen LogP) is 3.57. The normalized spacial score (nSPS) is 11.5. The topological polar surface area (TPSA) is 56.8 Å². The van der Waals surface area contributed by atoms with Gasteiger partial charge in [0.2, 0.25) is 0 Å². The average molecular weight is 343 g/mol. The second-order valence-corrected chi connectivity index (χ2v) is 5.45. The molecule has 0 aliphatic rings. The van der Waals surface area contributed by atoms with Crippen molar-refractivity contribution in [2.24, 2.45) is 0 Å². The van der Waals surface area contributed by atoms with Gasteiger partial charge in [-0.1, -0.05) is 25.1 Å². The fourth-order valence-corrected chi connectivity index (χ4v) is 2.38.